The van der Waals surface area contributed by atoms with Crippen LogP contribution in [0.1, 0.15) is 5.56 Å². The van der Waals surface area contributed by atoms with E-state index in [2.05, 4.69) is 0 Å². The molecule has 79 valence electrons. The van der Waals surface area contributed by atoms with Crippen molar-refractivity contribution >= 4 is 24.8 Å². The standard InChI is InChI=1S/C7H5F3O.2ClH.Zr/c8-7(9,10)5-2-1-3-6(11)4-5;;;/h1-4,11H;2*1H;/q;;;+1/p-1. The third-order valence-electron chi connectivity index (χ3n) is 1.28. The summed E-state index contributed by atoms with van der Waals surface area (Å²) in [5.74, 6) is 0.253. The Morgan fingerprint density at radius 3 is 2.14 bits per heavy atom. The second-order valence-corrected chi connectivity index (χ2v) is 2.63. The molecule has 0 aromatic heterocycles. The topological polar surface area (TPSA) is 9.23 Å². The van der Waals surface area contributed by atoms with Crippen molar-refractivity contribution in [3.8, 4) is 5.75 Å². The zero-order chi connectivity index (χ0) is 9.19. The number of alkyl halides is 3. The number of hydrogen-bond donors (Lipinski definition) is 0. The summed E-state index contributed by atoms with van der Waals surface area (Å²) in [6.45, 7) is 0. The van der Waals surface area contributed by atoms with Gasteiger partial charge in [-0.15, -0.1) is 24.8 Å². The van der Waals surface area contributed by atoms with Crippen LogP contribution in [0, 0.1) is 0 Å². The molecule has 0 saturated heterocycles. The van der Waals surface area contributed by atoms with E-state index < -0.39 is 11.7 Å². The molecule has 0 atom stereocenters. The molecule has 7 heteroatoms. The van der Waals surface area contributed by atoms with E-state index in [4.69, 9.17) is 2.81 Å². The molecule has 0 spiro atoms. The van der Waals surface area contributed by atoms with Gasteiger partial charge in [0, 0.05) is 0 Å². The van der Waals surface area contributed by atoms with Crippen molar-refractivity contribution in [2.75, 3.05) is 0 Å². The van der Waals surface area contributed by atoms with Gasteiger partial charge in [0.1, 0.15) is 0 Å². The van der Waals surface area contributed by atoms with Gasteiger partial charge in [-0.1, -0.05) is 0 Å². The van der Waals surface area contributed by atoms with Gasteiger partial charge in [0.05, 0.1) is 0 Å². The van der Waals surface area contributed by atoms with Crippen molar-refractivity contribution in [1.29, 1.82) is 0 Å². The van der Waals surface area contributed by atoms with Crippen molar-refractivity contribution in [2.45, 2.75) is 6.18 Å². The van der Waals surface area contributed by atoms with Crippen LogP contribution in [0.4, 0.5) is 13.2 Å². The molecule has 0 saturated carbocycles. The Morgan fingerprint density at radius 2 is 1.71 bits per heavy atom. The molecule has 0 aliphatic heterocycles. The van der Waals surface area contributed by atoms with Crippen molar-refractivity contribution in [3.05, 3.63) is 29.8 Å². The summed E-state index contributed by atoms with van der Waals surface area (Å²) in [6.07, 6.45) is -4.29. The number of benzene rings is 1. The van der Waals surface area contributed by atoms with Crippen molar-refractivity contribution in [2.24, 2.45) is 0 Å². The van der Waals surface area contributed by atoms with Gasteiger partial charge in [-0.2, -0.15) is 0 Å². The molecular weight excluding hydrogens is 319 g/mol. The molecule has 0 fully saturated rings. The fourth-order valence-electron chi connectivity index (χ4n) is 0.736. The Labute approximate surface area is 107 Å². The van der Waals surface area contributed by atoms with Crippen LogP contribution >= 0.6 is 24.8 Å². The molecule has 0 aliphatic carbocycles. The van der Waals surface area contributed by atoms with Crippen LogP contribution in [0.3, 0.4) is 0 Å². The van der Waals surface area contributed by atoms with E-state index >= 15 is 0 Å². The molecule has 1 aromatic rings. The molecule has 0 N–H and O–H groups in total. The minimum absolute atomic E-state index is 0. The maximum atomic E-state index is 12.1. The second-order valence-electron chi connectivity index (χ2n) is 2.13. The van der Waals surface area contributed by atoms with E-state index in [1.807, 2.05) is 0 Å². The molecular formula is C7H6Cl2F3OZr. The van der Waals surface area contributed by atoms with Crippen molar-refractivity contribution in [1.82, 2.24) is 0 Å². The first-order valence-electron chi connectivity index (χ1n) is 3.05. The molecule has 14 heavy (non-hydrogen) atoms. The Hall–Kier alpha value is 0.273. The van der Waals surface area contributed by atoms with Gasteiger partial charge in [-0.25, -0.2) is 0 Å². The van der Waals surface area contributed by atoms with Gasteiger partial charge in [-0.3, -0.25) is 0 Å². The normalized spacial score (nSPS) is 9.57. The fourth-order valence-corrected chi connectivity index (χ4v) is 1.05. The summed E-state index contributed by atoms with van der Waals surface area (Å²) in [6, 6.07) is 4.80. The van der Waals surface area contributed by atoms with E-state index in [9.17, 15) is 13.2 Å². The van der Waals surface area contributed by atoms with E-state index in [0.717, 1.165) is 37.3 Å². The predicted molar refractivity (Wildman–Crippen MR) is 46.6 cm³/mol. The SMILES string of the molecule is Cl.Cl.FC(F)(F)c1cccc([O][Zr])c1. The van der Waals surface area contributed by atoms with E-state index in [-0.39, 0.29) is 30.6 Å². The number of rotatable bonds is 1. The molecule has 0 heterocycles. The summed E-state index contributed by atoms with van der Waals surface area (Å²) >= 11 is 0.723. The van der Waals surface area contributed by atoms with E-state index in [1.165, 1.54) is 12.1 Å². The van der Waals surface area contributed by atoms with Gasteiger partial charge >= 0.3 is 82.9 Å². The van der Waals surface area contributed by atoms with Gasteiger partial charge in [-0.05, 0) is 0 Å². The summed E-state index contributed by atoms with van der Waals surface area (Å²) in [5, 5.41) is 0. The van der Waals surface area contributed by atoms with Crippen LogP contribution < -0.4 is 2.81 Å². The van der Waals surface area contributed by atoms with E-state index in [0.29, 0.717) is 0 Å². The van der Waals surface area contributed by atoms with Crippen LogP contribution in [0.25, 0.3) is 0 Å². The maximum absolute atomic E-state index is 12.1. The first-order valence-corrected chi connectivity index (χ1v) is 4.05. The molecule has 0 aliphatic rings. The third-order valence-corrected chi connectivity index (χ3v) is 1.86. The van der Waals surface area contributed by atoms with E-state index in [1.54, 1.807) is 0 Å². The van der Waals surface area contributed by atoms with Crippen LogP contribution in [0.15, 0.2) is 24.3 Å². The second kappa shape index (κ2) is 6.70. The molecule has 0 amide bonds. The van der Waals surface area contributed by atoms with Gasteiger partial charge in [0.2, 0.25) is 0 Å². The quantitative estimate of drug-likeness (QED) is 0.769. The van der Waals surface area contributed by atoms with Crippen molar-refractivity contribution < 1.29 is 41.1 Å². The summed E-state index contributed by atoms with van der Waals surface area (Å²) in [7, 11) is 0. The fraction of sp³-hybridized carbons (Fsp3) is 0.143. The van der Waals surface area contributed by atoms with Gasteiger partial charge in [0.15, 0.2) is 0 Å². The summed E-state index contributed by atoms with van der Waals surface area (Å²) < 4.78 is 40.9. The molecule has 0 radical (unpaired) electrons. The Kier molecular flexibility index (Phi) is 7.99. The Bertz CT molecular complexity index is 280. The number of halogens is 5. The van der Waals surface area contributed by atoms with Crippen molar-refractivity contribution in [3.63, 3.8) is 0 Å². The first kappa shape index (κ1) is 16.7. The molecule has 0 unspecified atom stereocenters. The first-order chi connectivity index (χ1) is 5.54. The Morgan fingerprint density at radius 1 is 1.14 bits per heavy atom. The molecule has 1 aromatic carbocycles. The van der Waals surface area contributed by atoms with Gasteiger partial charge in [0.25, 0.3) is 0 Å². The summed E-state index contributed by atoms with van der Waals surface area (Å²) in [4.78, 5) is 0. The summed E-state index contributed by atoms with van der Waals surface area (Å²) in [5.41, 5.74) is -0.678. The van der Waals surface area contributed by atoms with Crippen LogP contribution in [-0.4, -0.2) is 0 Å². The third kappa shape index (κ3) is 4.67. The van der Waals surface area contributed by atoms with Gasteiger partial charge < -0.3 is 0 Å². The minimum atomic E-state index is -4.29. The van der Waals surface area contributed by atoms with Crippen LogP contribution in [-0.2, 0) is 31.3 Å². The molecule has 1 rings (SSSR count). The predicted octanol–water partition coefficient (Wildman–Crippen LogP) is 3.39. The Balaban J connectivity index is 0. The zero-order valence-corrected chi connectivity index (χ0v) is 10.8. The van der Waals surface area contributed by atoms with Crippen LogP contribution in [0.2, 0.25) is 0 Å². The zero-order valence-electron chi connectivity index (χ0n) is 6.67. The van der Waals surface area contributed by atoms with Crippen LogP contribution in [0.5, 0.6) is 5.75 Å². The molecule has 1 nitrogen and oxygen atoms in total. The molecule has 0 bridgehead atoms. The number of hydrogen-bond acceptors (Lipinski definition) is 1. The average Bonchev–Trinajstić information content (AvgIpc) is 2.03. The monoisotopic (exact) mass is 323 g/mol. The average molecular weight is 325 g/mol.